The van der Waals surface area contributed by atoms with Gasteiger partial charge in [-0.15, -0.1) is 0 Å². The van der Waals surface area contributed by atoms with E-state index in [-0.39, 0.29) is 24.9 Å². The Morgan fingerprint density at radius 1 is 1.28 bits per heavy atom. The zero-order valence-corrected chi connectivity index (χ0v) is 14.3. The maximum atomic E-state index is 13.1. The van der Waals surface area contributed by atoms with Crippen LogP contribution in [-0.4, -0.2) is 52.7 Å². The molecule has 1 aromatic carbocycles. The number of aryl methyl sites for hydroxylation is 1. The Balaban J connectivity index is 1.91. The highest BCUT2D eigenvalue weighted by Crippen LogP contribution is 2.21. The van der Waals surface area contributed by atoms with Gasteiger partial charge in [-0.1, -0.05) is 18.2 Å². The highest BCUT2D eigenvalue weighted by atomic mass is 16.5. The topological polar surface area (TPSA) is 79.7 Å². The van der Waals surface area contributed by atoms with Gasteiger partial charge in [0.15, 0.2) is 0 Å². The summed E-state index contributed by atoms with van der Waals surface area (Å²) in [6.45, 7) is 3.32. The molecule has 0 saturated carbocycles. The Kier molecular flexibility index (Phi) is 5.28. The van der Waals surface area contributed by atoms with Crippen molar-refractivity contribution in [2.75, 3.05) is 19.8 Å². The lowest BCUT2D eigenvalue weighted by molar-refractivity contribution is -0.137. The van der Waals surface area contributed by atoms with Crippen LogP contribution < -0.4 is 0 Å². The molecule has 3 rings (SSSR count). The number of pyridine rings is 1. The average Bonchev–Trinajstić information content (AvgIpc) is 2.62. The Bertz CT molecular complexity index is 784. The third-order valence-electron chi connectivity index (χ3n) is 4.60. The summed E-state index contributed by atoms with van der Waals surface area (Å²) >= 11 is 0. The van der Waals surface area contributed by atoms with Crippen LogP contribution in [0.15, 0.2) is 30.3 Å². The molecule has 0 spiro atoms. The molecule has 25 heavy (non-hydrogen) atoms. The van der Waals surface area contributed by atoms with E-state index in [1.54, 1.807) is 11.0 Å². The number of aliphatic carboxylic acids is 1. The normalized spacial score (nSPS) is 15.2. The Labute approximate surface area is 146 Å². The van der Waals surface area contributed by atoms with Gasteiger partial charge in [-0.05, 0) is 37.5 Å². The van der Waals surface area contributed by atoms with Gasteiger partial charge < -0.3 is 14.7 Å². The van der Waals surface area contributed by atoms with Crippen LogP contribution in [0.4, 0.5) is 0 Å². The number of carboxylic acids is 1. The molecule has 0 bridgehead atoms. The number of benzene rings is 1. The molecule has 0 aliphatic carbocycles. The minimum absolute atomic E-state index is 0.00539. The fraction of sp³-hybridized carbons (Fsp3) is 0.421. The second-order valence-corrected chi connectivity index (χ2v) is 6.33. The van der Waals surface area contributed by atoms with Crippen LogP contribution >= 0.6 is 0 Å². The van der Waals surface area contributed by atoms with Crippen molar-refractivity contribution in [2.45, 2.75) is 32.2 Å². The smallest absolute Gasteiger partial charge is 0.305 e. The third kappa shape index (κ3) is 3.96. The molecule has 6 nitrogen and oxygen atoms in total. The van der Waals surface area contributed by atoms with Gasteiger partial charge in [-0.2, -0.15) is 0 Å². The summed E-state index contributed by atoms with van der Waals surface area (Å²) in [6.07, 6.45) is 1.37. The van der Waals surface area contributed by atoms with Crippen LogP contribution in [0.2, 0.25) is 0 Å². The van der Waals surface area contributed by atoms with Crippen LogP contribution in [0.1, 0.15) is 35.3 Å². The highest BCUT2D eigenvalue weighted by molar-refractivity contribution is 5.96. The number of carbonyl (C=O) groups excluding carboxylic acids is 1. The zero-order chi connectivity index (χ0) is 17.8. The molecule has 1 aromatic heterocycles. The number of fused-ring (bicyclic) bond motifs is 1. The maximum Gasteiger partial charge on any atom is 0.305 e. The maximum absolute atomic E-state index is 13.1. The van der Waals surface area contributed by atoms with Crippen LogP contribution in [0.5, 0.6) is 0 Å². The first kappa shape index (κ1) is 17.4. The molecule has 1 aliphatic heterocycles. The van der Waals surface area contributed by atoms with E-state index >= 15 is 0 Å². The second kappa shape index (κ2) is 7.61. The molecule has 0 atom stereocenters. The van der Waals surface area contributed by atoms with Crippen LogP contribution in [-0.2, 0) is 9.53 Å². The Morgan fingerprint density at radius 3 is 2.72 bits per heavy atom. The minimum atomic E-state index is -0.910. The molecule has 1 saturated heterocycles. The number of aromatic nitrogens is 1. The van der Waals surface area contributed by atoms with Gasteiger partial charge in [0.1, 0.15) is 5.69 Å². The van der Waals surface area contributed by atoms with Gasteiger partial charge in [0.05, 0.1) is 11.9 Å². The van der Waals surface area contributed by atoms with Gasteiger partial charge in [0.25, 0.3) is 5.91 Å². The summed E-state index contributed by atoms with van der Waals surface area (Å²) in [5.41, 5.74) is 2.13. The lowest BCUT2D eigenvalue weighted by Gasteiger charge is -2.34. The van der Waals surface area contributed by atoms with Gasteiger partial charge in [0.2, 0.25) is 0 Å². The van der Waals surface area contributed by atoms with Crippen molar-refractivity contribution in [1.29, 1.82) is 0 Å². The van der Waals surface area contributed by atoms with Crippen molar-refractivity contribution in [1.82, 2.24) is 9.88 Å². The summed E-state index contributed by atoms with van der Waals surface area (Å²) in [5, 5.41) is 10.0. The molecule has 6 heteroatoms. The monoisotopic (exact) mass is 342 g/mol. The van der Waals surface area contributed by atoms with Gasteiger partial charge in [0, 0.05) is 31.2 Å². The van der Waals surface area contributed by atoms with E-state index in [9.17, 15) is 9.59 Å². The number of carboxylic acid groups (broad SMARTS) is 1. The van der Waals surface area contributed by atoms with Gasteiger partial charge in [-0.3, -0.25) is 9.59 Å². The van der Waals surface area contributed by atoms with Gasteiger partial charge >= 0.3 is 5.97 Å². The second-order valence-electron chi connectivity index (χ2n) is 6.33. The molecule has 2 heterocycles. The summed E-state index contributed by atoms with van der Waals surface area (Å²) in [6, 6.07) is 9.48. The Morgan fingerprint density at radius 2 is 2.00 bits per heavy atom. The van der Waals surface area contributed by atoms with Crippen molar-refractivity contribution in [2.24, 2.45) is 0 Å². The third-order valence-corrected chi connectivity index (χ3v) is 4.60. The summed E-state index contributed by atoms with van der Waals surface area (Å²) < 4.78 is 5.37. The van der Waals surface area contributed by atoms with Gasteiger partial charge in [-0.25, -0.2) is 4.98 Å². The Hall–Kier alpha value is -2.47. The number of hydrogen-bond acceptors (Lipinski definition) is 4. The van der Waals surface area contributed by atoms with E-state index in [0.29, 0.717) is 18.9 Å². The molecular weight excluding hydrogens is 320 g/mol. The molecule has 0 unspecified atom stereocenters. The van der Waals surface area contributed by atoms with E-state index in [1.807, 2.05) is 31.2 Å². The fourth-order valence-electron chi connectivity index (χ4n) is 3.27. The summed E-state index contributed by atoms with van der Waals surface area (Å²) in [4.78, 5) is 30.2. The number of rotatable bonds is 5. The van der Waals surface area contributed by atoms with Crippen molar-refractivity contribution < 1.29 is 19.4 Å². The molecule has 1 N–H and O–H groups in total. The highest BCUT2D eigenvalue weighted by Gasteiger charge is 2.28. The van der Waals surface area contributed by atoms with E-state index in [4.69, 9.17) is 9.84 Å². The number of nitrogens with zero attached hydrogens (tertiary/aromatic N) is 2. The fourth-order valence-corrected chi connectivity index (χ4v) is 3.27. The van der Waals surface area contributed by atoms with E-state index in [1.165, 1.54) is 0 Å². The molecule has 1 amide bonds. The first-order valence-corrected chi connectivity index (χ1v) is 8.53. The molecule has 1 aliphatic rings. The quantitative estimate of drug-likeness (QED) is 0.903. The largest absolute Gasteiger partial charge is 0.481 e. The van der Waals surface area contributed by atoms with E-state index < -0.39 is 5.97 Å². The van der Waals surface area contributed by atoms with Crippen molar-refractivity contribution >= 4 is 22.8 Å². The molecule has 2 aromatic rings. The molecular formula is C19H22N2O4. The number of amides is 1. The number of carbonyl (C=O) groups is 2. The summed E-state index contributed by atoms with van der Waals surface area (Å²) in [7, 11) is 0. The van der Waals surface area contributed by atoms with Crippen LogP contribution in [0.3, 0.4) is 0 Å². The lowest BCUT2D eigenvalue weighted by Crippen LogP contribution is -2.44. The SMILES string of the molecule is Cc1cc(C(=O)N(CCC(=O)O)C2CCOCC2)nc2ccccc12. The first-order valence-electron chi connectivity index (χ1n) is 8.53. The molecule has 132 valence electrons. The first-order chi connectivity index (χ1) is 12.1. The number of ether oxygens (including phenoxy) is 1. The standard InChI is InChI=1S/C19H22N2O4/c1-13-12-17(20-16-5-3-2-4-15(13)16)19(24)21(9-6-18(22)23)14-7-10-25-11-8-14/h2-5,12,14H,6-11H2,1H3,(H,22,23). The lowest BCUT2D eigenvalue weighted by atomic mass is 10.0. The predicted octanol–water partition coefficient (Wildman–Crippen LogP) is 2.64. The van der Waals surface area contributed by atoms with Crippen molar-refractivity contribution in [3.8, 4) is 0 Å². The number of hydrogen-bond donors (Lipinski definition) is 1. The average molecular weight is 342 g/mol. The van der Waals surface area contributed by atoms with Crippen LogP contribution in [0.25, 0.3) is 10.9 Å². The van der Waals surface area contributed by atoms with Crippen LogP contribution in [0, 0.1) is 6.92 Å². The molecule has 1 fully saturated rings. The van der Waals surface area contributed by atoms with E-state index in [2.05, 4.69) is 4.98 Å². The van der Waals surface area contributed by atoms with Crippen molar-refractivity contribution in [3.63, 3.8) is 0 Å². The zero-order valence-electron chi connectivity index (χ0n) is 14.3. The predicted molar refractivity (Wildman–Crippen MR) is 93.6 cm³/mol. The van der Waals surface area contributed by atoms with Crippen molar-refractivity contribution in [3.05, 3.63) is 41.6 Å². The minimum Gasteiger partial charge on any atom is -0.481 e. The number of para-hydroxylation sites is 1. The summed E-state index contributed by atoms with van der Waals surface area (Å²) in [5.74, 6) is -1.12. The van der Waals surface area contributed by atoms with E-state index in [0.717, 1.165) is 29.3 Å². The molecule has 0 radical (unpaired) electrons.